The first-order valence-corrected chi connectivity index (χ1v) is 8.67. The minimum atomic E-state index is -3.19. The van der Waals surface area contributed by atoms with Gasteiger partial charge in [0.15, 0.2) is 5.54 Å². The predicted molar refractivity (Wildman–Crippen MR) is 101 cm³/mol. The number of nitrogens with one attached hydrogen (secondary N) is 1. The first kappa shape index (κ1) is 18.5. The van der Waals surface area contributed by atoms with E-state index in [9.17, 15) is 22.4 Å². The maximum Gasteiger partial charge on any atom is 0.418 e. The Morgan fingerprint density at radius 3 is 2.94 bits per heavy atom. The number of halogens is 4. The van der Waals surface area contributed by atoms with Gasteiger partial charge in [-0.2, -0.15) is 0 Å². The fraction of sp³-hybridized carbons (Fsp3) is 0.316. The van der Waals surface area contributed by atoms with Crippen LogP contribution < -0.4 is 15.8 Å². The molecule has 12 heteroatoms. The second-order valence-electron chi connectivity index (χ2n) is 6.44. The van der Waals surface area contributed by atoms with E-state index in [1.807, 2.05) is 0 Å². The summed E-state index contributed by atoms with van der Waals surface area (Å²) in [6, 6.07) is 3.69. The second kappa shape index (κ2) is 9.27. The number of ether oxygens (including phenoxy) is 3. The molecule has 3 rings (SSSR count). The fourth-order valence-electron chi connectivity index (χ4n) is 2.91. The van der Waals surface area contributed by atoms with Crippen molar-refractivity contribution in [2.24, 2.45) is 10.7 Å². The summed E-state index contributed by atoms with van der Waals surface area (Å²) in [6.07, 6.45) is -3.68. The van der Waals surface area contributed by atoms with Gasteiger partial charge in [0.1, 0.15) is 24.1 Å². The van der Waals surface area contributed by atoms with Crippen LogP contribution in [0.5, 0.6) is 5.88 Å². The van der Waals surface area contributed by atoms with Crippen LogP contribution in [0.4, 0.5) is 28.0 Å². The van der Waals surface area contributed by atoms with E-state index in [2.05, 4.69) is 20.0 Å². The third-order valence-electron chi connectivity index (χ3n) is 4.26. The molecule has 1 aliphatic rings. The number of benzene rings is 1. The number of aromatic nitrogens is 1. The molecule has 1 unspecified atom stereocenters. The maximum atomic E-state index is 14.5. The van der Waals surface area contributed by atoms with Gasteiger partial charge in [-0.25, -0.2) is 27.3 Å². The van der Waals surface area contributed by atoms with E-state index in [4.69, 9.17) is 19.3 Å². The molecule has 1 aromatic heterocycles. The van der Waals surface area contributed by atoms with Gasteiger partial charge in [0.05, 0.1) is 23.5 Å². The van der Waals surface area contributed by atoms with Gasteiger partial charge in [0.2, 0.25) is 5.88 Å². The Hall–Kier alpha value is -3.25. The Morgan fingerprint density at radius 1 is 1.42 bits per heavy atom. The third-order valence-corrected chi connectivity index (χ3v) is 4.26. The molecule has 1 atom stereocenters. The van der Waals surface area contributed by atoms with Crippen LogP contribution in [0.1, 0.15) is 15.2 Å². The molecular formula is C19H18F4N4O4. The van der Waals surface area contributed by atoms with E-state index in [1.165, 1.54) is 0 Å². The smallest absolute Gasteiger partial charge is 0.391 e. The second-order valence-corrected chi connectivity index (χ2v) is 6.44. The molecule has 166 valence electrons. The average molecular weight is 445 g/mol. The number of amides is 1. The monoisotopic (exact) mass is 445 g/mol. The Balaban J connectivity index is 1.83. The van der Waals surface area contributed by atoms with Crippen LogP contribution in [0.15, 0.2) is 35.5 Å². The van der Waals surface area contributed by atoms with Crippen LogP contribution >= 0.6 is 0 Å². The first-order chi connectivity index (χ1) is 15.9. The Labute approximate surface area is 178 Å². The summed E-state index contributed by atoms with van der Waals surface area (Å²) >= 11 is 0. The molecule has 0 bridgehead atoms. The topological polar surface area (TPSA) is 108 Å². The zero-order chi connectivity index (χ0) is 25.1. The number of alkyl halides is 2. The number of carbonyl (C=O) groups is 1. The summed E-state index contributed by atoms with van der Waals surface area (Å²) < 4.78 is 91.5. The van der Waals surface area contributed by atoms with Crippen molar-refractivity contribution in [2.75, 3.05) is 25.6 Å². The van der Waals surface area contributed by atoms with E-state index in [0.717, 1.165) is 30.5 Å². The van der Waals surface area contributed by atoms with Crippen molar-refractivity contribution in [2.45, 2.75) is 18.6 Å². The minimum Gasteiger partial charge on any atom is -0.391 e. The number of nitrogens with two attached hydrogens (primary N) is 1. The number of methoxy groups -OCH3 is 1. The van der Waals surface area contributed by atoms with Crippen LogP contribution in [0.2, 0.25) is 0 Å². The molecule has 31 heavy (non-hydrogen) atoms. The highest BCUT2D eigenvalue weighted by atomic mass is 19.3. The van der Waals surface area contributed by atoms with Gasteiger partial charge in [-0.3, -0.25) is 10.3 Å². The van der Waals surface area contributed by atoms with E-state index in [0.29, 0.717) is 0 Å². The van der Waals surface area contributed by atoms with Crippen molar-refractivity contribution in [3.8, 4) is 5.88 Å². The lowest BCUT2D eigenvalue weighted by Gasteiger charge is -2.33. The average Bonchev–Trinajstić information content (AvgIpc) is 2.74. The van der Waals surface area contributed by atoms with E-state index in [-0.39, 0.29) is 23.7 Å². The summed E-state index contributed by atoms with van der Waals surface area (Å²) in [5, 5.41) is 2.20. The van der Waals surface area contributed by atoms with Crippen molar-refractivity contribution in [3.63, 3.8) is 0 Å². The van der Waals surface area contributed by atoms with E-state index < -0.39 is 61.4 Å². The standard InChI is InChI=1S/C19H18F4N4O4/c1-29-7-10-4-11(20)6-25-16(10)31-18(28)26-12-2-3-14(21)13(5-12)19(17(22)23)9-30-8-15(24)27-19/h2-6,17H,7-9H2,1H3,(H2,24,27)(H,26,28)/i1D3. The Kier molecular flexibility index (Phi) is 5.53. The molecule has 1 aromatic carbocycles. The summed E-state index contributed by atoms with van der Waals surface area (Å²) in [4.78, 5) is 19.6. The van der Waals surface area contributed by atoms with Gasteiger partial charge in [-0.1, -0.05) is 0 Å². The largest absolute Gasteiger partial charge is 0.418 e. The minimum absolute atomic E-state index is 0.150. The number of nitrogens with zero attached hydrogens (tertiary/aromatic N) is 2. The number of pyridine rings is 1. The molecule has 0 spiro atoms. The van der Waals surface area contributed by atoms with Crippen LogP contribution in [0, 0.1) is 11.6 Å². The van der Waals surface area contributed by atoms with Crippen LogP contribution in [0.3, 0.4) is 0 Å². The highest BCUT2D eigenvalue weighted by Crippen LogP contribution is 2.38. The predicted octanol–water partition coefficient (Wildman–Crippen LogP) is 2.96. The number of aliphatic imine (C=N–C) groups is 1. The summed E-state index contributed by atoms with van der Waals surface area (Å²) in [5.74, 6) is -2.59. The lowest BCUT2D eigenvalue weighted by molar-refractivity contribution is -0.0145. The fourth-order valence-corrected chi connectivity index (χ4v) is 2.91. The molecule has 8 nitrogen and oxygen atoms in total. The number of anilines is 1. The van der Waals surface area contributed by atoms with E-state index in [1.54, 1.807) is 0 Å². The van der Waals surface area contributed by atoms with E-state index >= 15 is 0 Å². The molecule has 0 aliphatic carbocycles. The SMILES string of the molecule is [2H]C([2H])([2H])OCc1cc(F)cnc1OC(=O)Nc1ccc(F)c(C2(C(F)F)COCC(N)=N2)c1. The lowest BCUT2D eigenvalue weighted by atomic mass is 9.90. The number of hydrogen-bond donors (Lipinski definition) is 2. The lowest BCUT2D eigenvalue weighted by Crippen LogP contribution is -2.45. The highest BCUT2D eigenvalue weighted by Gasteiger charge is 2.46. The normalized spacial score (nSPS) is 20.4. The Morgan fingerprint density at radius 2 is 2.23 bits per heavy atom. The van der Waals surface area contributed by atoms with Gasteiger partial charge < -0.3 is 19.9 Å². The zero-order valence-corrected chi connectivity index (χ0v) is 15.7. The summed E-state index contributed by atoms with van der Waals surface area (Å²) in [6.45, 7) is -1.50. The number of carbonyl (C=O) groups excluding carboxylic acids is 1. The van der Waals surface area contributed by atoms with Gasteiger partial charge >= 0.3 is 6.09 Å². The Bertz CT molecular complexity index is 1100. The molecule has 2 aromatic rings. The maximum absolute atomic E-state index is 14.5. The molecule has 1 aliphatic heterocycles. The molecule has 2 heterocycles. The van der Waals surface area contributed by atoms with Crippen molar-refractivity contribution in [1.82, 2.24) is 4.98 Å². The number of rotatable bonds is 6. The van der Waals surface area contributed by atoms with Gasteiger partial charge in [0.25, 0.3) is 6.43 Å². The van der Waals surface area contributed by atoms with Crippen molar-refractivity contribution in [3.05, 3.63) is 53.2 Å². The molecule has 3 N–H and O–H groups in total. The van der Waals surface area contributed by atoms with Gasteiger partial charge in [-0.15, -0.1) is 0 Å². The van der Waals surface area contributed by atoms with Gasteiger partial charge in [0, 0.05) is 23.9 Å². The first-order valence-electron chi connectivity index (χ1n) is 10.2. The number of hydrogen-bond acceptors (Lipinski definition) is 7. The molecule has 1 amide bonds. The van der Waals surface area contributed by atoms with Crippen molar-refractivity contribution >= 4 is 17.6 Å². The van der Waals surface area contributed by atoms with Gasteiger partial charge in [-0.05, 0) is 24.3 Å². The van der Waals surface area contributed by atoms with Crippen molar-refractivity contribution in [1.29, 1.82) is 0 Å². The van der Waals surface area contributed by atoms with Crippen molar-refractivity contribution < 1.29 is 40.7 Å². The molecule has 0 saturated carbocycles. The summed E-state index contributed by atoms with van der Waals surface area (Å²) in [5.41, 5.74) is 2.18. The molecule has 0 saturated heterocycles. The molecular weight excluding hydrogens is 424 g/mol. The van der Waals surface area contributed by atoms with Crippen LogP contribution in [0.25, 0.3) is 0 Å². The molecule has 0 radical (unpaired) electrons. The molecule has 0 fully saturated rings. The number of amidine groups is 1. The quantitative estimate of drug-likeness (QED) is 0.662. The third kappa shape index (κ3) is 4.91. The zero-order valence-electron chi connectivity index (χ0n) is 18.7. The summed E-state index contributed by atoms with van der Waals surface area (Å²) in [7, 11) is -2.80. The van der Waals surface area contributed by atoms with Crippen LogP contribution in [-0.2, 0) is 21.6 Å². The highest BCUT2D eigenvalue weighted by molar-refractivity contribution is 5.86. The van der Waals surface area contributed by atoms with Crippen LogP contribution in [-0.4, -0.2) is 43.6 Å².